The molecule has 2 heterocycles. The lowest BCUT2D eigenvalue weighted by Crippen LogP contribution is -2.99. The van der Waals surface area contributed by atoms with E-state index in [1.54, 1.807) is 19.2 Å². The topological polar surface area (TPSA) is 87.9 Å². The predicted molar refractivity (Wildman–Crippen MR) is 104 cm³/mol. The van der Waals surface area contributed by atoms with Crippen LogP contribution in [-0.2, 0) is 6.42 Å². The number of hydrogen-bond donors (Lipinski definition) is 2. The van der Waals surface area contributed by atoms with Crippen LogP contribution < -0.4 is 24.2 Å². The van der Waals surface area contributed by atoms with Crippen molar-refractivity contribution >= 4 is 5.69 Å². The van der Waals surface area contributed by atoms with Crippen molar-refractivity contribution in [2.45, 2.75) is 12.5 Å². The van der Waals surface area contributed by atoms with Crippen LogP contribution in [0.4, 0.5) is 5.69 Å². The molecule has 8 nitrogen and oxygen atoms in total. The summed E-state index contributed by atoms with van der Waals surface area (Å²) < 4.78 is 22.4. The van der Waals surface area contributed by atoms with E-state index in [0.717, 1.165) is 24.1 Å². The number of benzene rings is 2. The van der Waals surface area contributed by atoms with Gasteiger partial charge in [-0.1, -0.05) is 11.8 Å². The van der Waals surface area contributed by atoms with Crippen LogP contribution in [0.25, 0.3) is 0 Å². The maximum Gasteiger partial charge on any atom is 0.231 e. The second-order valence-electron chi connectivity index (χ2n) is 6.79. The number of ether oxygens (including phenoxy) is 4. The zero-order chi connectivity index (χ0) is 20.4. The first-order chi connectivity index (χ1) is 14.1. The van der Waals surface area contributed by atoms with Crippen LogP contribution in [0.3, 0.4) is 0 Å². The number of fused-ring (bicyclic) bond motifs is 2. The third kappa shape index (κ3) is 3.81. The number of rotatable bonds is 4. The molecule has 2 aliphatic rings. The molecule has 0 bridgehead atoms. The molecule has 0 fully saturated rings. The van der Waals surface area contributed by atoms with E-state index < -0.39 is 5.23 Å². The molecule has 0 saturated heterocycles. The van der Waals surface area contributed by atoms with Crippen LogP contribution in [0.1, 0.15) is 17.2 Å². The molecule has 2 aromatic carbocycles. The molecule has 8 heteroatoms. The van der Waals surface area contributed by atoms with Gasteiger partial charge in [-0.2, -0.15) is 5.23 Å². The molecule has 2 aromatic rings. The van der Waals surface area contributed by atoms with E-state index in [9.17, 15) is 5.21 Å². The Bertz CT molecular complexity index is 948. The third-order valence-electron chi connectivity index (χ3n) is 5.05. The van der Waals surface area contributed by atoms with E-state index >= 15 is 0 Å². The summed E-state index contributed by atoms with van der Waals surface area (Å²) in [5.74, 6) is 8.93. The Morgan fingerprint density at radius 2 is 2.10 bits per heavy atom. The highest BCUT2D eigenvalue weighted by atomic mass is 16.8. The summed E-state index contributed by atoms with van der Waals surface area (Å²) in [6.07, 6.45) is 0.878. The largest absolute Gasteiger partial charge is 0.595 e. The highest BCUT2D eigenvalue weighted by Crippen LogP contribution is 2.49. The zero-order valence-corrected chi connectivity index (χ0v) is 16.2. The Hall–Kier alpha value is -2.96. The van der Waals surface area contributed by atoms with E-state index in [2.05, 4.69) is 16.7 Å². The summed E-state index contributed by atoms with van der Waals surface area (Å²) in [5.41, 5.74) is 2.37. The molecule has 4 rings (SSSR count). The Kier molecular flexibility index (Phi) is 5.47. The molecule has 2 unspecified atom stereocenters. The van der Waals surface area contributed by atoms with Crippen molar-refractivity contribution in [1.82, 2.24) is 4.90 Å². The summed E-state index contributed by atoms with van der Waals surface area (Å²) in [6.45, 7) is 1.25. The van der Waals surface area contributed by atoms with Gasteiger partial charge in [-0.15, -0.1) is 0 Å². The molecule has 0 aliphatic carbocycles. The number of quaternary nitrogens is 1. The van der Waals surface area contributed by atoms with Crippen molar-refractivity contribution in [2.75, 3.05) is 34.1 Å². The molecular formula is C21H22N2O6. The first-order valence-electron chi connectivity index (χ1n) is 9.22. The van der Waals surface area contributed by atoms with Gasteiger partial charge in [0, 0.05) is 24.2 Å². The van der Waals surface area contributed by atoms with Crippen LogP contribution in [-0.4, -0.2) is 44.2 Å². The van der Waals surface area contributed by atoms with Gasteiger partial charge < -0.3 is 24.2 Å². The quantitative estimate of drug-likeness (QED) is 0.595. The van der Waals surface area contributed by atoms with Crippen molar-refractivity contribution in [3.8, 4) is 34.8 Å². The average Bonchev–Trinajstić information content (AvgIpc) is 3.19. The lowest BCUT2D eigenvalue weighted by molar-refractivity contribution is -0.991. The molecular weight excluding hydrogens is 376 g/mol. The molecule has 29 heavy (non-hydrogen) atoms. The fourth-order valence-electron chi connectivity index (χ4n) is 3.57. The average molecular weight is 398 g/mol. The summed E-state index contributed by atoms with van der Waals surface area (Å²) in [6, 6.07) is 8.12. The lowest BCUT2D eigenvalue weighted by atomic mass is 9.91. The lowest BCUT2D eigenvalue weighted by Gasteiger charge is -2.32. The first-order valence-corrected chi connectivity index (χ1v) is 9.22. The van der Waals surface area contributed by atoms with Crippen LogP contribution in [0.15, 0.2) is 30.3 Å². The van der Waals surface area contributed by atoms with Crippen LogP contribution in [0.5, 0.6) is 23.0 Å². The summed E-state index contributed by atoms with van der Waals surface area (Å²) in [4.78, 5) is 2.17. The van der Waals surface area contributed by atoms with Crippen molar-refractivity contribution in [3.05, 3.63) is 46.7 Å². The van der Waals surface area contributed by atoms with Gasteiger partial charge in [-0.3, -0.25) is 4.90 Å². The molecule has 2 atom stereocenters. The molecule has 152 valence electrons. The highest BCUT2D eigenvalue weighted by molar-refractivity contribution is 5.62. The molecule has 0 spiro atoms. The molecule has 0 saturated carbocycles. The minimum atomic E-state index is -0.967. The Labute approximate surface area is 168 Å². The van der Waals surface area contributed by atoms with Gasteiger partial charge >= 0.3 is 0 Å². The predicted octanol–water partition coefficient (Wildman–Crippen LogP) is 1.44. The van der Waals surface area contributed by atoms with Crippen molar-refractivity contribution in [1.29, 1.82) is 0 Å². The van der Waals surface area contributed by atoms with Gasteiger partial charge in [-0.05, 0) is 37.2 Å². The van der Waals surface area contributed by atoms with E-state index in [1.165, 1.54) is 12.1 Å². The van der Waals surface area contributed by atoms with Crippen LogP contribution in [0.2, 0.25) is 0 Å². The third-order valence-corrected chi connectivity index (χ3v) is 5.05. The van der Waals surface area contributed by atoms with Crippen LogP contribution >= 0.6 is 0 Å². The normalized spacial score (nSPS) is 18.4. The maximum atomic E-state index is 10.9. The van der Waals surface area contributed by atoms with E-state index in [1.807, 2.05) is 13.1 Å². The molecule has 0 amide bonds. The SMILES string of the molecule is COc1c2c(cc3c1C(C#CCOc1ccc([NH+]([O-])O)cc1)N(C)CC3)OCO2. The number of hydrogen-bond acceptors (Lipinski definition) is 7. The molecule has 0 aromatic heterocycles. The molecule has 2 aliphatic heterocycles. The Balaban J connectivity index is 1.53. The van der Waals surface area contributed by atoms with Crippen molar-refractivity contribution in [2.24, 2.45) is 0 Å². The van der Waals surface area contributed by atoms with Crippen LogP contribution in [0, 0.1) is 17.0 Å². The van der Waals surface area contributed by atoms with Gasteiger partial charge in [-0.25, -0.2) is 5.21 Å². The maximum absolute atomic E-state index is 10.9. The van der Waals surface area contributed by atoms with Gasteiger partial charge in [0.15, 0.2) is 17.2 Å². The van der Waals surface area contributed by atoms with Crippen molar-refractivity contribution < 1.29 is 29.4 Å². The monoisotopic (exact) mass is 398 g/mol. The minimum absolute atomic E-state index is 0.152. The van der Waals surface area contributed by atoms with Gasteiger partial charge in [0.2, 0.25) is 12.5 Å². The van der Waals surface area contributed by atoms with E-state index in [4.69, 9.17) is 24.2 Å². The Morgan fingerprint density at radius 3 is 2.83 bits per heavy atom. The highest BCUT2D eigenvalue weighted by Gasteiger charge is 2.33. The molecule has 2 N–H and O–H groups in total. The molecule has 0 radical (unpaired) electrons. The fourth-order valence-corrected chi connectivity index (χ4v) is 3.57. The minimum Gasteiger partial charge on any atom is -0.595 e. The first kappa shape index (κ1) is 19.4. The van der Waals surface area contributed by atoms with E-state index in [-0.39, 0.29) is 25.1 Å². The summed E-state index contributed by atoms with van der Waals surface area (Å²) in [7, 11) is 3.65. The second-order valence-corrected chi connectivity index (χ2v) is 6.79. The Morgan fingerprint density at radius 1 is 1.31 bits per heavy atom. The summed E-state index contributed by atoms with van der Waals surface area (Å²) >= 11 is 0. The second kappa shape index (κ2) is 8.19. The number of nitrogens with one attached hydrogen (secondary N) is 1. The fraction of sp³-hybridized carbons (Fsp3) is 0.333. The number of nitrogens with zero attached hydrogens (tertiary/aromatic N) is 1. The van der Waals surface area contributed by atoms with Crippen molar-refractivity contribution in [3.63, 3.8) is 0 Å². The number of methoxy groups -OCH3 is 1. The zero-order valence-electron chi connectivity index (χ0n) is 16.2. The van der Waals surface area contributed by atoms with E-state index in [0.29, 0.717) is 23.0 Å². The van der Waals surface area contributed by atoms with Gasteiger partial charge in [0.1, 0.15) is 18.4 Å². The number of likely N-dealkylation sites (N-methyl/N-ethyl adjacent to an activating group) is 1. The standard InChI is InChI=1S/C21H22N2O6/c1-22-10-9-14-12-18-20(29-13-28-18)21(26-2)19(14)17(22)4-3-11-27-16-7-5-15(6-8-16)23(24)25/h5-8,12,17,23-24H,9-11,13H2,1-2H3. The summed E-state index contributed by atoms with van der Waals surface area (Å²) in [5, 5.41) is 18.9. The smallest absolute Gasteiger partial charge is 0.231 e. The van der Waals surface area contributed by atoms with Gasteiger partial charge in [0.25, 0.3) is 0 Å². The van der Waals surface area contributed by atoms with Gasteiger partial charge in [0.05, 0.1) is 7.11 Å².